The monoisotopic (exact) mass is 276 g/mol. The van der Waals surface area contributed by atoms with Crippen molar-refractivity contribution in [2.45, 2.75) is 32.4 Å². The van der Waals surface area contributed by atoms with E-state index in [1.54, 1.807) is 0 Å². The van der Waals surface area contributed by atoms with Crippen molar-refractivity contribution in [3.05, 3.63) is 28.8 Å². The summed E-state index contributed by atoms with van der Waals surface area (Å²) in [4.78, 5) is 0. The highest BCUT2D eigenvalue weighted by molar-refractivity contribution is 8.13. The molecule has 0 unspecified atom stereocenters. The maximum atomic E-state index is 11.3. The summed E-state index contributed by atoms with van der Waals surface area (Å²) < 4.78 is 27.8. The number of benzene rings is 1. The van der Waals surface area contributed by atoms with Crippen LogP contribution in [0, 0.1) is 6.92 Å². The normalized spacial score (nSPS) is 11.9. The summed E-state index contributed by atoms with van der Waals surface area (Å²) in [5, 5.41) is 0. The minimum absolute atomic E-state index is 0.201. The third kappa shape index (κ3) is 3.61. The molecule has 0 aliphatic rings. The minimum atomic E-state index is -3.59. The zero-order valence-electron chi connectivity index (χ0n) is 10.5. The molecule has 0 N–H and O–H groups in total. The maximum Gasteiger partial charge on any atom is 0.236 e. The van der Waals surface area contributed by atoms with Crippen LogP contribution >= 0.6 is 10.7 Å². The van der Waals surface area contributed by atoms with Crippen LogP contribution in [0.25, 0.3) is 0 Å². The fourth-order valence-corrected chi connectivity index (χ4v) is 2.88. The van der Waals surface area contributed by atoms with E-state index in [0.717, 1.165) is 11.1 Å². The Morgan fingerprint density at radius 2 is 1.94 bits per heavy atom. The summed E-state index contributed by atoms with van der Waals surface area (Å²) in [6, 6.07) is 3.86. The summed E-state index contributed by atoms with van der Waals surface area (Å²) in [6.07, 6.45) is 0. The number of hydrogen-bond donors (Lipinski definition) is 0. The standard InChI is InChI=1S/C12H17ClO3S/c1-8(2)10-6-5-9(3)12(16-4)11(10)7-17(13,14)15/h5-6,8H,7H2,1-4H3. The van der Waals surface area contributed by atoms with Crippen molar-refractivity contribution in [1.82, 2.24) is 0 Å². The number of hydrogen-bond acceptors (Lipinski definition) is 3. The third-order valence-electron chi connectivity index (χ3n) is 2.64. The first-order chi connectivity index (χ1) is 7.76. The molecule has 17 heavy (non-hydrogen) atoms. The van der Waals surface area contributed by atoms with Crippen LogP contribution in [0.4, 0.5) is 0 Å². The molecule has 0 saturated carbocycles. The Hall–Kier alpha value is -0.740. The van der Waals surface area contributed by atoms with Gasteiger partial charge in [0, 0.05) is 16.2 Å². The van der Waals surface area contributed by atoms with Crippen LogP contribution in [0.3, 0.4) is 0 Å². The summed E-state index contributed by atoms with van der Waals surface area (Å²) >= 11 is 0. The second-order valence-corrected chi connectivity index (χ2v) is 7.10. The van der Waals surface area contributed by atoms with Crippen molar-refractivity contribution in [2.24, 2.45) is 0 Å². The average Bonchev–Trinajstić information content (AvgIpc) is 2.15. The Bertz CT molecular complexity index is 507. The second-order valence-electron chi connectivity index (χ2n) is 4.32. The first kappa shape index (κ1) is 14.3. The first-order valence-corrected chi connectivity index (χ1v) is 7.82. The largest absolute Gasteiger partial charge is 0.496 e. The van der Waals surface area contributed by atoms with E-state index >= 15 is 0 Å². The third-order valence-corrected chi connectivity index (χ3v) is 3.60. The maximum absolute atomic E-state index is 11.3. The van der Waals surface area contributed by atoms with Crippen LogP contribution in [0.1, 0.15) is 36.5 Å². The molecular weight excluding hydrogens is 260 g/mol. The van der Waals surface area contributed by atoms with Gasteiger partial charge in [-0.15, -0.1) is 0 Å². The number of aryl methyl sites for hydroxylation is 1. The van der Waals surface area contributed by atoms with E-state index in [-0.39, 0.29) is 11.7 Å². The van der Waals surface area contributed by atoms with E-state index in [4.69, 9.17) is 15.4 Å². The van der Waals surface area contributed by atoms with E-state index in [1.807, 2.05) is 32.9 Å². The van der Waals surface area contributed by atoms with Crippen molar-refractivity contribution in [3.63, 3.8) is 0 Å². The Labute approximate surface area is 107 Å². The Kier molecular flexibility index (Phi) is 4.44. The summed E-state index contributed by atoms with van der Waals surface area (Å²) in [6.45, 7) is 5.90. The quantitative estimate of drug-likeness (QED) is 0.793. The molecule has 1 aromatic carbocycles. The molecule has 96 valence electrons. The molecule has 1 aromatic rings. The van der Waals surface area contributed by atoms with Crippen LogP contribution in [0.5, 0.6) is 5.75 Å². The van der Waals surface area contributed by atoms with Crippen LogP contribution in [0.2, 0.25) is 0 Å². The lowest BCUT2D eigenvalue weighted by Crippen LogP contribution is -2.05. The van der Waals surface area contributed by atoms with Crippen molar-refractivity contribution < 1.29 is 13.2 Å². The van der Waals surface area contributed by atoms with Crippen LogP contribution in [-0.2, 0) is 14.8 Å². The van der Waals surface area contributed by atoms with Crippen LogP contribution < -0.4 is 4.74 Å². The SMILES string of the molecule is COc1c(C)ccc(C(C)C)c1CS(=O)(=O)Cl. The molecule has 0 aromatic heterocycles. The van der Waals surface area contributed by atoms with Gasteiger partial charge in [-0.2, -0.15) is 0 Å². The molecule has 0 amide bonds. The van der Waals surface area contributed by atoms with Gasteiger partial charge in [0.2, 0.25) is 9.05 Å². The molecule has 0 spiro atoms. The van der Waals surface area contributed by atoms with Gasteiger partial charge in [0.15, 0.2) is 0 Å². The van der Waals surface area contributed by atoms with Crippen molar-refractivity contribution in [2.75, 3.05) is 7.11 Å². The lowest BCUT2D eigenvalue weighted by atomic mass is 9.95. The predicted octanol–water partition coefficient (Wildman–Crippen LogP) is 3.20. The summed E-state index contributed by atoms with van der Waals surface area (Å²) in [5.41, 5.74) is 2.53. The van der Waals surface area contributed by atoms with Gasteiger partial charge in [0.05, 0.1) is 12.9 Å². The summed E-state index contributed by atoms with van der Waals surface area (Å²) in [5.74, 6) is 0.630. The van der Waals surface area contributed by atoms with Crippen molar-refractivity contribution >= 4 is 19.7 Å². The van der Waals surface area contributed by atoms with Gasteiger partial charge in [0.1, 0.15) is 5.75 Å². The van der Waals surface area contributed by atoms with E-state index in [0.29, 0.717) is 11.3 Å². The van der Waals surface area contributed by atoms with E-state index < -0.39 is 9.05 Å². The van der Waals surface area contributed by atoms with Gasteiger partial charge in [-0.3, -0.25) is 0 Å². The smallest absolute Gasteiger partial charge is 0.236 e. The van der Waals surface area contributed by atoms with E-state index in [2.05, 4.69) is 0 Å². The Morgan fingerprint density at radius 3 is 2.35 bits per heavy atom. The fraction of sp³-hybridized carbons (Fsp3) is 0.500. The Balaban J connectivity index is 3.44. The van der Waals surface area contributed by atoms with Gasteiger partial charge >= 0.3 is 0 Å². The fourth-order valence-electron chi connectivity index (χ4n) is 1.91. The number of ether oxygens (including phenoxy) is 1. The van der Waals surface area contributed by atoms with Gasteiger partial charge in [-0.1, -0.05) is 26.0 Å². The molecular formula is C12H17ClO3S. The lowest BCUT2D eigenvalue weighted by Gasteiger charge is -2.17. The molecule has 0 heterocycles. The number of methoxy groups -OCH3 is 1. The lowest BCUT2D eigenvalue weighted by molar-refractivity contribution is 0.407. The highest BCUT2D eigenvalue weighted by Crippen LogP contribution is 2.33. The number of rotatable bonds is 4. The highest BCUT2D eigenvalue weighted by atomic mass is 35.7. The van der Waals surface area contributed by atoms with Gasteiger partial charge in [-0.05, 0) is 24.0 Å². The van der Waals surface area contributed by atoms with Gasteiger partial charge < -0.3 is 4.74 Å². The summed E-state index contributed by atoms with van der Waals surface area (Å²) in [7, 11) is 3.29. The van der Waals surface area contributed by atoms with E-state index in [1.165, 1.54) is 7.11 Å². The molecule has 3 nitrogen and oxygen atoms in total. The molecule has 0 fully saturated rings. The molecule has 0 aliphatic heterocycles. The predicted molar refractivity (Wildman–Crippen MR) is 70.3 cm³/mol. The molecule has 5 heteroatoms. The second kappa shape index (κ2) is 5.27. The topological polar surface area (TPSA) is 43.4 Å². The molecule has 0 saturated heterocycles. The average molecular weight is 277 g/mol. The van der Waals surface area contributed by atoms with Crippen molar-refractivity contribution in [3.8, 4) is 5.75 Å². The van der Waals surface area contributed by atoms with Gasteiger partial charge in [0.25, 0.3) is 0 Å². The highest BCUT2D eigenvalue weighted by Gasteiger charge is 2.19. The van der Waals surface area contributed by atoms with Crippen molar-refractivity contribution in [1.29, 1.82) is 0 Å². The zero-order valence-corrected chi connectivity index (χ0v) is 12.0. The molecule has 0 aliphatic carbocycles. The van der Waals surface area contributed by atoms with Gasteiger partial charge in [-0.25, -0.2) is 8.42 Å². The first-order valence-electron chi connectivity index (χ1n) is 5.35. The molecule has 0 radical (unpaired) electrons. The van der Waals surface area contributed by atoms with E-state index in [9.17, 15) is 8.42 Å². The molecule has 1 rings (SSSR count). The molecule has 0 atom stereocenters. The van der Waals surface area contributed by atoms with Crippen LogP contribution in [0.15, 0.2) is 12.1 Å². The number of halogens is 1. The zero-order chi connectivity index (χ0) is 13.2. The minimum Gasteiger partial charge on any atom is -0.496 e. The molecule has 0 bridgehead atoms. The Morgan fingerprint density at radius 1 is 1.35 bits per heavy atom. The van der Waals surface area contributed by atoms with Crippen LogP contribution in [-0.4, -0.2) is 15.5 Å².